The van der Waals surface area contributed by atoms with Crippen LogP contribution in [0, 0.1) is 22.7 Å². The molecule has 1 heterocycles. The number of hydrogen-bond acceptors (Lipinski definition) is 5. The first-order valence-electron chi connectivity index (χ1n) is 11.4. The third-order valence-corrected chi connectivity index (χ3v) is 6.35. The zero-order valence-corrected chi connectivity index (χ0v) is 19.6. The second kappa shape index (κ2) is 9.18. The van der Waals surface area contributed by atoms with E-state index in [0.717, 1.165) is 24.0 Å². The smallest absolute Gasteiger partial charge is 0.322 e. The van der Waals surface area contributed by atoms with Crippen molar-refractivity contribution in [2.24, 2.45) is 11.3 Å². The van der Waals surface area contributed by atoms with E-state index < -0.39 is 18.4 Å². The van der Waals surface area contributed by atoms with Crippen LogP contribution in [-0.2, 0) is 4.79 Å². The summed E-state index contributed by atoms with van der Waals surface area (Å²) in [7, 11) is 0. The molecule has 8 nitrogen and oxygen atoms in total. The predicted molar refractivity (Wildman–Crippen MR) is 130 cm³/mol. The van der Waals surface area contributed by atoms with E-state index in [1.165, 1.54) is 6.42 Å². The van der Waals surface area contributed by atoms with Crippen LogP contribution in [0.3, 0.4) is 0 Å². The molecule has 1 aliphatic rings. The first kappa shape index (κ1) is 23.3. The van der Waals surface area contributed by atoms with Crippen LogP contribution in [0.25, 0.3) is 11.0 Å². The number of benzene rings is 2. The summed E-state index contributed by atoms with van der Waals surface area (Å²) in [5, 5.41) is 23.7. The number of nitriles is 1. The number of imidazole rings is 1. The summed E-state index contributed by atoms with van der Waals surface area (Å²) >= 11 is 0. The molecular formula is C26H29N5O3. The van der Waals surface area contributed by atoms with Gasteiger partial charge < -0.3 is 20.3 Å². The van der Waals surface area contributed by atoms with E-state index in [1.54, 1.807) is 24.3 Å². The number of fused-ring (bicyclic) bond motifs is 1. The number of nitrogens with one attached hydrogen (secondary N) is 2. The zero-order chi connectivity index (χ0) is 24.5. The van der Waals surface area contributed by atoms with Crippen LogP contribution in [-0.4, -0.2) is 33.1 Å². The van der Waals surface area contributed by atoms with E-state index in [0.29, 0.717) is 28.5 Å². The topological polar surface area (TPSA) is 120 Å². The molecule has 0 aliphatic heterocycles. The SMILES string of the molecule is CC1CC(n2c(Nc3ccc(C#N)cc3)nc3cc(C(=O)NCC(=O)O)ccc32)CC(C)(C)C1. The van der Waals surface area contributed by atoms with Crippen molar-refractivity contribution in [1.29, 1.82) is 5.26 Å². The van der Waals surface area contributed by atoms with E-state index in [2.05, 4.69) is 42.0 Å². The average Bonchev–Trinajstić information content (AvgIpc) is 3.13. The molecule has 34 heavy (non-hydrogen) atoms. The molecule has 0 bridgehead atoms. The molecule has 176 valence electrons. The maximum Gasteiger partial charge on any atom is 0.322 e. The van der Waals surface area contributed by atoms with Crippen LogP contribution in [0.2, 0.25) is 0 Å². The van der Waals surface area contributed by atoms with Gasteiger partial charge in [0.1, 0.15) is 6.54 Å². The molecule has 1 saturated carbocycles. The van der Waals surface area contributed by atoms with E-state index >= 15 is 0 Å². The number of hydrogen-bond donors (Lipinski definition) is 3. The van der Waals surface area contributed by atoms with E-state index in [1.807, 2.05) is 18.2 Å². The normalized spacial score (nSPS) is 19.4. The van der Waals surface area contributed by atoms with Crippen molar-refractivity contribution in [1.82, 2.24) is 14.9 Å². The standard InChI is InChI=1S/C26H29N5O3/c1-16-10-20(13-26(2,3)12-16)31-22-9-6-18(24(34)28-15-23(32)33)11-21(22)30-25(31)29-19-7-4-17(14-27)5-8-19/h4-9,11,16,20H,10,12-13,15H2,1-3H3,(H,28,34)(H,29,30)(H,32,33). The highest BCUT2D eigenvalue weighted by Crippen LogP contribution is 2.46. The van der Waals surface area contributed by atoms with E-state index in [4.69, 9.17) is 15.4 Å². The molecule has 1 aromatic heterocycles. The second-order valence-corrected chi connectivity index (χ2v) is 9.97. The van der Waals surface area contributed by atoms with Gasteiger partial charge in [-0.25, -0.2) is 4.98 Å². The number of carbonyl (C=O) groups excluding carboxylic acids is 1. The lowest BCUT2D eigenvalue weighted by Gasteiger charge is -2.40. The van der Waals surface area contributed by atoms with Crippen LogP contribution in [0.1, 0.15) is 62.0 Å². The van der Waals surface area contributed by atoms with Crippen molar-refractivity contribution in [2.45, 2.75) is 46.1 Å². The van der Waals surface area contributed by atoms with Crippen molar-refractivity contribution in [3.05, 3.63) is 53.6 Å². The molecular weight excluding hydrogens is 430 g/mol. The monoisotopic (exact) mass is 459 g/mol. The maximum atomic E-state index is 12.4. The molecule has 2 atom stereocenters. The van der Waals surface area contributed by atoms with Gasteiger partial charge in [0.05, 0.1) is 22.7 Å². The van der Waals surface area contributed by atoms with Gasteiger partial charge in [-0.3, -0.25) is 9.59 Å². The minimum Gasteiger partial charge on any atom is -0.480 e. The first-order chi connectivity index (χ1) is 16.1. The van der Waals surface area contributed by atoms with Crippen LogP contribution in [0.5, 0.6) is 0 Å². The van der Waals surface area contributed by atoms with Gasteiger partial charge in [-0.15, -0.1) is 0 Å². The average molecular weight is 460 g/mol. The predicted octanol–water partition coefficient (Wildman–Crippen LogP) is 4.85. The Morgan fingerprint density at radius 1 is 1.21 bits per heavy atom. The lowest BCUT2D eigenvalue weighted by molar-refractivity contribution is -0.135. The molecule has 0 radical (unpaired) electrons. The van der Waals surface area contributed by atoms with E-state index in [-0.39, 0.29) is 11.5 Å². The quantitative estimate of drug-likeness (QED) is 0.484. The maximum absolute atomic E-state index is 12.4. The van der Waals surface area contributed by atoms with Crippen LogP contribution in [0.4, 0.5) is 11.6 Å². The summed E-state index contributed by atoms with van der Waals surface area (Å²) in [6.45, 7) is 6.44. The highest BCUT2D eigenvalue weighted by Gasteiger charge is 2.34. The largest absolute Gasteiger partial charge is 0.480 e. The van der Waals surface area contributed by atoms with Gasteiger partial charge in [-0.2, -0.15) is 5.26 Å². The molecule has 3 aromatic rings. The highest BCUT2D eigenvalue weighted by atomic mass is 16.4. The molecule has 1 fully saturated rings. The van der Waals surface area contributed by atoms with Gasteiger partial charge in [-0.05, 0) is 73.1 Å². The molecule has 8 heteroatoms. The molecule has 1 aliphatic carbocycles. The third-order valence-electron chi connectivity index (χ3n) is 6.35. The van der Waals surface area contributed by atoms with Gasteiger partial charge in [0.15, 0.2) is 0 Å². The lowest BCUT2D eigenvalue weighted by Crippen LogP contribution is -2.30. The number of amides is 1. The summed E-state index contributed by atoms with van der Waals surface area (Å²) in [6.07, 6.45) is 3.20. The van der Waals surface area contributed by atoms with E-state index in [9.17, 15) is 9.59 Å². The van der Waals surface area contributed by atoms with Crippen LogP contribution in [0.15, 0.2) is 42.5 Å². The second-order valence-electron chi connectivity index (χ2n) is 9.97. The van der Waals surface area contributed by atoms with Crippen molar-refractivity contribution in [2.75, 3.05) is 11.9 Å². The number of anilines is 2. The fourth-order valence-electron chi connectivity index (χ4n) is 5.21. The van der Waals surface area contributed by atoms with Crippen LogP contribution >= 0.6 is 0 Å². The van der Waals surface area contributed by atoms with Gasteiger partial charge in [0.2, 0.25) is 5.95 Å². The van der Waals surface area contributed by atoms with Crippen molar-refractivity contribution in [3.8, 4) is 6.07 Å². The van der Waals surface area contributed by atoms with Crippen molar-refractivity contribution >= 4 is 34.5 Å². The van der Waals surface area contributed by atoms with Gasteiger partial charge in [0, 0.05) is 17.3 Å². The number of nitrogens with zero attached hydrogens (tertiary/aromatic N) is 3. The number of aromatic nitrogens is 2. The number of carboxylic acid groups (broad SMARTS) is 1. The summed E-state index contributed by atoms with van der Waals surface area (Å²) < 4.78 is 2.23. The third kappa shape index (κ3) is 5.04. The molecule has 4 rings (SSSR count). The number of carboxylic acids is 1. The Bertz CT molecular complexity index is 1270. The number of rotatable bonds is 6. The van der Waals surface area contributed by atoms with Gasteiger partial charge in [-0.1, -0.05) is 20.8 Å². The summed E-state index contributed by atoms with van der Waals surface area (Å²) in [5.41, 5.74) is 3.54. The Labute approximate surface area is 198 Å². The fourth-order valence-corrected chi connectivity index (χ4v) is 5.21. The highest BCUT2D eigenvalue weighted by molar-refractivity contribution is 5.99. The van der Waals surface area contributed by atoms with Crippen molar-refractivity contribution in [3.63, 3.8) is 0 Å². The van der Waals surface area contributed by atoms with Gasteiger partial charge >= 0.3 is 5.97 Å². The number of carbonyl (C=O) groups is 2. The van der Waals surface area contributed by atoms with Crippen LogP contribution < -0.4 is 10.6 Å². The lowest BCUT2D eigenvalue weighted by atomic mass is 9.70. The molecule has 1 amide bonds. The number of aliphatic carboxylic acids is 1. The Hall–Kier alpha value is -3.86. The Kier molecular flexibility index (Phi) is 6.29. The fraction of sp³-hybridized carbons (Fsp3) is 0.385. The summed E-state index contributed by atoms with van der Waals surface area (Å²) in [6, 6.07) is 14.9. The molecule has 0 saturated heterocycles. The molecule has 0 spiro atoms. The van der Waals surface area contributed by atoms with Gasteiger partial charge in [0.25, 0.3) is 5.91 Å². The Morgan fingerprint density at radius 3 is 2.59 bits per heavy atom. The first-order valence-corrected chi connectivity index (χ1v) is 11.4. The van der Waals surface area contributed by atoms with Crippen molar-refractivity contribution < 1.29 is 14.7 Å². The molecule has 2 unspecified atom stereocenters. The molecule has 2 aromatic carbocycles. The zero-order valence-electron chi connectivity index (χ0n) is 19.6. The Balaban J connectivity index is 1.75. The summed E-state index contributed by atoms with van der Waals surface area (Å²) in [4.78, 5) is 28.0. The minimum absolute atomic E-state index is 0.196. The Morgan fingerprint density at radius 2 is 1.94 bits per heavy atom. The minimum atomic E-state index is -1.10. The molecule has 3 N–H and O–H groups in total. The summed E-state index contributed by atoms with van der Waals surface area (Å²) in [5.74, 6) is -0.303.